The van der Waals surface area contributed by atoms with Crippen molar-refractivity contribution < 1.29 is 22.7 Å². The molecule has 4 aromatic rings. The lowest BCUT2D eigenvalue weighted by Crippen LogP contribution is -2.24. The number of pyridine rings is 1. The first kappa shape index (κ1) is 26.6. The molecular formula is C27H26FN5O4S. The van der Waals surface area contributed by atoms with Gasteiger partial charge in [-0.15, -0.1) is 0 Å². The van der Waals surface area contributed by atoms with E-state index in [4.69, 9.17) is 10.9 Å². The minimum atomic E-state index is -3.80. The summed E-state index contributed by atoms with van der Waals surface area (Å²) in [4.78, 5) is 18.6. The number of hydrogen-bond donors (Lipinski definition) is 4. The third-order valence-corrected chi connectivity index (χ3v) is 6.91. The van der Waals surface area contributed by atoms with Gasteiger partial charge in [-0.05, 0) is 72.6 Å². The first-order chi connectivity index (χ1) is 17.9. The molecule has 1 aromatic heterocycles. The van der Waals surface area contributed by atoms with E-state index in [-0.39, 0.29) is 34.4 Å². The number of hydrogen-bond acceptors (Lipinski definition) is 7. The predicted molar refractivity (Wildman–Crippen MR) is 144 cm³/mol. The Morgan fingerprint density at radius 1 is 1.05 bits per heavy atom. The van der Waals surface area contributed by atoms with Crippen LogP contribution in [0.15, 0.2) is 77.7 Å². The zero-order valence-electron chi connectivity index (χ0n) is 20.6. The fourth-order valence-corrected chi connectivity index (χ4v) is 4.37. The smallest absolute Gasteiger partial charge is 0.255 e. The number of aryl methyl sites for hydroxylation is 1. The van der Waals surface area contributed by atoms with Crippen molar-refractivity contribution >= 4 is 33.1 Å². The van der Waals surface area contributed by atoms with Crippen LogP contribution < -0.4 is 21.1 Å². The van der Waals surface area contributed by atoms with E-state index < -0.39 is 15.9 Å². The second-order valence-corrected chi connectivity index (χ2v) is 10.3. The van der Waals surface area contributed by atoms with Crippen LogP contribution >= 0.6 is 0 Å². The number of aromatic nitrogens is 1. The summed E-state index contributed by atoms with van der Waals surface area (Å²) in [6.07, 6.45) is 0. The number of halogens is 1. The Balaban J connectivity index is 1.53. The molecule has 0 radical (unpaired) electrons. The van der Waals surface area contributed by atoms with Gasteiger partial charge in [0.25, 0.3) is 5.91 Å². The van der Waals surface area contributed by atoms with Crippen molar-refractivity contribution in [3.63, 3.8) is 0 Å². The molecule has 196 valence electrons. The number of nitrogens with one attached hydrogen (secondary N) is 1. The third kappa shape index (κ3) is 5.74. The Bertz CT molecular complexity index is 1630. The van der Waals surface area contributed by atoms with Crippen LogP contribution in [-0.2, 0) is 16.6 Å². The minimum absolute atomic E-state index is 0.0286. The number of aromatic hydroxyl groups is 1. The van der Waals surface area contributed by atoms with E-state index in [1.807, 2.05) is 6.07 Å². The number of carbonyl (C=O) groups is 1. The number of anilines is 3. The lowest BCUT2D eigenvalue weighted by Gasteiger charge is -2.21. The normalized spacial score (nSPS) is 11.3. The number of nitrogens with zero attached hydrogens (tertiary/aromatic N) is 2. The highest BCUT2D eigenvalue weighted by Crippen LogP contribution is 2.35. The number of nitrogens with two attached hydrogens (primary N) is 2. The van der Waals surface area contributed by atoms with Gasteiger partial charge in [0.15, 0.2) is 0 Å². The quantitative estimate of drug-likeness (QED) is 0.281. The Morgan fingerprint density at radius 3 is 2.39 bits per heavy atom. The SMILES string of the molecule is Cc1ccc(N(C)c2ccc(O)c(-c3ccc(C(=O)NCc4ccc(S(N)(=O)=O)cc4)c(N)n3)c2)c(F)c1. The van der Waals surface area contributed by atoms with Crippen LogP contribution in [0.25, 0.3) is 11.3 Å². The molecule has 0 fully saturated rings. The molecule has 0 saturated carbocycles. The Labute approximate surface area is 219 Å². The van der Waals surface area contributed by atoms with Gasteiger partial charge >= 0.3 is 0 Å². The lowest BCUT2D eigenvalue weighted by atomic mass is 10.1. The highest BCUT2D eigenvalue weighted by molar-refractivity contribution is 7.89. The first-order valence-electron chi connectivity index (χ1n) is 11.4. The van der Waals surface area contributed by atoms with Gasteiger partial charge in [0.05, 0.1) is 21.8 Å². The Kier molecular flexibility index (Phi) is 7.33. The van der Waals surface area contributed by atoms with Crippen molar-refractivity contribution in [2.45, 2.75) is 18.4 Å². The molecule has 1 amide bonds. The van der Waals surface area contributed by atoms with E-state index in [0.717, 1.165) is 5.56 Å². The molecule has 3 aromatic carbocycles. The number of phenolic OH excluding ortho intramolecular Hbond substituents is 1. The van der Waals surface area contributed by atoms with Gasteiger partial charge in [-0.25, -0.2) is 22.9 Å². The number of carbonyl (C=O) groups excluding carboxylic acids is 1. The zero-order valence-corrected chi connectivity index (χ0v) is 21.5. The van der Waals surface area contributed by atoms with Crippen LogP contribution in [0.5, 0.6) is 5.75 Å². The maximum atomic E-state index is 14.5. The topological polar surface area (TPSA) is 152 Å². The molecule has 9 nitrogen and oxygen atoms in total. The molecule has 4 rings (SSSR count). The molecule has 0 aliphatic carbocycles. The molecule has 1 heterocycles. The summed E-state index contributed by atoms with van der Waals surface area (Å²) in [6, 6.07) is 18.5. The van der Waals surface area contributed by atoms with E-state index in [1.54, 1.807) is 55.3 Å². The largest absolute Gasteiger partial charge is 0.507 e. The van der Waals surface area contributed by atoms with Crippen molar-refractivity contribution in [1.82, 2.24) is 10.3 Å². The number of phenols is 1. The molecule has 38 heavy (non-hydrogen) atoms. The van der Waals surface area contributed by atoms with E-state index in [0.29, 0.717) is 28.2 Å². The summed E-state index contributed by atoms with van der Waals surface area (Å²) in [5.74, 6) is -0.962. The van der Waals surface area contributed by atoms with Gasteiger partial charge in [-0.1, -0.05) is 18.2 Å². The standard InChI is InChI=1S/C27H26FN5O4S/c1-16-3-11-24(22(28)13-16)33(2)18-6-12-25(34)21(14-18)23-10-9-20(26(29)32-23)27(35)31-15-17-4-7-19(8-5-17)38(30,36)37/h3-14,34H,15H2,1-2H3,(H2,29,32)(H,31,35)(H2,30,36,37). The van der Waals surface area contributed by atoms with Crippen LogP contribution in [0.1, 0.15) is 21.5 Å². The number of nitrogen functional groups attached to an aromatic ring is 1. The fourth-order valence-electron chi connectivity index (χ4n) is 3.85. The summed E-state index contributed by atoms with van der Waals surface area (Å²) in [5, 5.41) is 18.3. The first-order valence-corrected chi connectivity index (χ1v) is 13.0. The molecule has 0 unspecified atom stereocenters. The summed E-state index contributed by atoms with van der Waals surface area (Å²) in [5.41, 5.74) is 9.32. The van der Waals surface area contributed by atoms with Crippen LogP contribution in [-0.4, -0.2) is 31.5 Å². The van der Waals surface area contributed by atoms with Crippen molar-refractivity contribution in [3.05, 3.63) is 95.3 Å². The van der Waals surface area contributed by atoms with Crippen molar-refractivity contribution in [3.8, 4) is 17.0 Å². The number of primary sulfonamides is 1. The molecule has 0 spiro atoms. The third-order valence-electron chi connectivity index (χ3n) is 5.98. The van der Waals surface area contributed by atoms with E-state index in [2.05, 4.69) is 10.3 Å². The maximum absolute atomic E-state index is 14.5. The molecule has 0 aliphatic rings. The van der Waals surface area contributed by atoms with Gasteiger partial charge in [0, 0.05) is 24.8 Å². The van der Waals surface area contributed by atoms with Gasteiger partial charge < -0.3 is 21.1 Å². The van der Waals surface area contributed by atoms with Crippen LogP contribution in [0, 0.1) is 12.7 Å². The zero-order chi connectivity index (χ0) is 27.6. The predicted octanol–water partition coefficient (Wildman–Crippen LogP) is 3.83. The van der Waals surface area contributed by atoms with E-state index >= 15 is 0 Å². The summed E-state index contributed by atoms with van der Waals surface area (Å²) < 4.78 is 37.3. The van der Waals surface area contributed by atoms with Crippen molar-refractivity contribution in [2.24, 2.45) is 5.14 Å². The van der Waals surface area contributed by atoms with Crippen LogP contribution in [0.4, 0.5) is 21.6 Å². The molecule has 0 saturated heterocycles. The molecule has 0 atom stereocenters. The Morgan fingerprint density at radius 2 is 1.76 bits per heavy atom. The molecule has 0 bridgehead atoms. The van der Waals surface area contributed by atoms with E-state index in [1.165, 1.54) is 30.3 Å². The number of rotatable bonds is 7. The van der Waals surface area contributed by atoms with Crippen LogP contribution in [0.2, 0.25) is 0 Å². The number of sulfonamides is 1. The highest BCUT2D eigenvalue weighted by Gasteiger charge is 2.17. The lowest BCUT2D eigenvalue weighted by molar-refractivity contribution is 0.0951. The van der Waals surface area contributed by atoms with Crippen molar-refractivity contribution in [2.75, 3.05) is 17.7 Å². The molecule has 11 heteroatoms. The monoisotopic (exact) mass is 535 g/mol. The minimum Gasteiger partial charge on any atom is -0.507 e. The average molecular weight is 536 g/mol. The van der Waals surface area contributed by atoms with Gasteiger partial charge in [0.2, 0.25) is 10.0 Å². The fraction of sp³-hybridized carbons (Fsp3) is 0.111. The van der Waals surface area contributed by atoms with Gasteiger partial charge in [-0.3, -0.25) is 4.79 Å². The van der Waals surface area contributed by atoms with E-state index in [9.17, 15) is 22.7 Å². The second kappa shape index (κ2) is 10.5. The summed E-state index contributed by atoms with van der Waals surface area (Å²) >= 11 is 0. The summed E-state index contributed by atoms with van der Waals surface area (Å²) in [7, 11) is -2.09. The highest BCUT2D eigenvalue weighted by atomic mass is 32.2. The van der Waals surface area contributed by atoms with Gasteiger partial charge in [-0.2, -0.15) is 0 Å². The maximum Gasteiger partial charge on any atom is 0.255 e. The van der Waals surface area contributed by atoms with Crippen molar-refractivity contribution in [1.29, 1.82) is 0 Å². The van der Waals surface area contributed by atoms with Crippen LogP contribution in [0.3, 0.4) is 0 Å². The molecule has 6 N–H and O–H groups in total. The summed E-state index contributed by atoms with van der Waals surface area (Å²) in [6.45, 7) is 1.93. The molecule has 0 aliphatic heterocycles. The van der Waals surface area contributed by atoms with Gasteiger partial charge in [0.1, 0.15) is 17.4 Å². The number of benzene rings is 3. The number of amides is 1. The molecular weight excluding hydrogens is 509 g/mol. The Hall–Kier alpha value is -4.48. The average Bonchev–Trinajstić information content (AvgIpc) is 2.87. The second-order valence-electron chi connectivity index (χ2n) is 8.72.